The van der Waals surface area contributed by atoms with Crippen molar-refractivity contribution in [3.63, 3.8) is 0 Å². The maximum Gasteiger partial charge on any atom is 0.0678 e. The molecule has 2 atom stereocenters. The smallest absolute Gasteiger partial charge is 0.0678 e. The van der Waals surface area contributed by atoms with Gasteiger partial charge in [0.15, 0.2) is 0 Å². The maximum atomic E-state index is 4.55. The molecule has 0 aromatic heterocycles. The van der Waals surface area contributed by atoms with Crippen LogP contribution in [0.25, 0.3) is 0 Å². The van der Waals surface area contributed by atoms with Gasteiger partial charge < -0.3 is 0 Å². The molecule has 0 heterocycles. The lowest BCUT2D eigenvalue weighted by Gasteiger charge is -1.94. The highest BCUT2D eigenvalue weighted by molar-refractivity contribution is 7.78. The first-order valence-electron chi connectivity index (χ1n) is 4.04. The van der Waals surface area contributed by atoms with Crippen LogP contribution in [0.4, 0.5) is 0 Å². The minimum atomic E-state index is 0.407. The van der Waals surface area contributed by atoms with Gasteiger partial charge in [-0.15, -0.1) is 0 Å². The van der Waals surface area contributed by atoms with Crippen molar-refractivity contribution in [2.45, 2.75) is 18.4 Å². The van der Waals surface area contributed by atoms with Gasteiger partial charge in [-0.25, -0.2) is 4.99 Å². The Morgan fingerprint density at radius 2 is 2.08 bits per heavy atom. The van der Waals surface area contributed by atoms with Crippen LogP contribution in [-0.2, 0) is 0 Å². The zero-order valence-electron chi connectivity index (χ0n) is 6.60. The van der Waals surface area contributed by atoms with E-state index < -0.39 is 0 Å². The normalized spacial score (nSPS) is 26.0. The Labute approximate surface area is 77.1 Å². The molecule has 0 saturated heterocycles. The molecule has 60 valence electrons. The molecule has 1 aromatic carbocycles. The average molecular weight is 175 g/mol. The van der Waals surface area contributed by atoms with Crippen LogP contribution < -0.4 is 0 Å². The van der Waals surface area contributed by atoms with Gasteiger partial charge in [0.1, 0.15) is 0 Å². The number of aliphatic imine (C=N–C) groups is 1. The Kier molecular flexibility index (Phi) is 2.03. The summed E-state index contributed by atoms with van der Waals surface area (Å²) in [6.45, 7) is 0. The molecule has 0 bridgehead atoms. The van der Waals surface area contributed by atoms with Gasteiger partial charge in [-0.3, -0.25) is 0 Å². The number of isothiocyanates is 1. The fourth-order valence-corrected chi connectivity index (χ4v) is 1.59. The zero-order chi connectivity index (χ0) is 8.39. The summed E-state index contributed by atoms with van der Waals surface area (Å²) in [6.07, 6.45) is 1.13. The third-order valence-corrected chi connectivity index (χ3v) is 2.31. The molecule has 12 heavy (non-hydrogen) atoms. The molecule has 0 aliphatic heterocycles. The molecule has 1 aliphatic rings. The Balaban J connectivity index is 2.11. The molecular formula is C10H9NS. The van der Waals surface area contributed by atoms with Gasteiger partial charge in [-0.1, -0.05) is 30.3 Å². The maximum absolute atomic E-state index is 4.55. The second-order valence-electron chi connectivity index (χ2n) is 3.04. The summed E-state index contributed by atoms with van der Waals surface area (Å²) < 4.78 is 0. The van der Waals surface area contributed by atoms with Gasteiger partial charge in [0.05, 0.1) is 11.2 Å². The van der Waals surface area contributed by atoms with Crippen molar-refractivity contribution in [3.8, 4) is 0 Å². The van der Waals surface area contributed by atoms with Gasteiger partial charge in [-0.2, -0.15) is 0 Å². The van der Waals surface area contributed by atoms with Crippen LogP contribution >= 0.6 is 12.2 Å². The van der Waals surface area contributed by atoms with E-state index in [9.17, 15) is 0 Å². The molecule has 1 nitrogen and oxygen atoms in total. The Hall–Kier alpha value is -0.980. The molecule has 1 aromatic rings. The number of hydrogen-bond donors (Lipinski definition) is 0. The molecule has 0 radical (unpaired) electrons. The predicted octanol–water partition coefficient (Wildman–Crippen LogP) is 2.65. The van der Waals surface area contributed by atoms with Gasteiger partial charge in [0.2, 0.25) is 0 Å². The molecule has 0 amide bonds. The molecule has 1 saturated carbocycles. The van der Waals surface area contributed by atoms with Crippen molar-refractivity contribution < 1.29 is 0 Å². The minimum Gasteiger partial charge on any atom is -0.228 e. The topological polar surface area (TPSA) is 12.4 Å². The summed E-state index contributed by atoms with van der Waals surface area (Å²) in [4.78, 5) is 4.06. The molecule has 0 N–H and O–H groups in total. The highest BCUT2D eigenvalue weighted by Gasteiger charge is 2.37. The van der Waals surface area contributed by atoms with Crippen molar-refractivity contribution in [1.29, 1.82) is 0 Å². The first-order valence-corrected chi connectivity index (χ1v) is 4.44. The lowest BCUT2D eigenvalue weighted by atomic mass is 10.1. The minimum absolute atomic E-state index is 0.407. The van der Waals surface area contributed by atoms with E-state index in [0.717, 1.165) is 6.42 Å². The quantitative estimate of drug-likeness (QED) is 0.497. The van der Waals surface area contributed by atoms with Gasteiger partial charge in [-0.05, 0) is 24.2 Å². The first kappa shape index (κ1) is 7.66. The van der Waals surface area contributed by atoms with E-state index in [2.05, 4.69) is 46.6 Å². The second kappa shape index (κ2) is 3.18. The van der Waals surface area contributed by atoms with Crippen LogP contribution in [0.5, 0.6) is 0 Å². The van der Waals surface area contributed by atoms with E-state index in [0.29, 0.717) is 12.0 Å². The summed E-state index contributed by atoms with van der Waals surface area (Å²) in [7, 11) is 0. The Morgan fingerprint density at radius 1 is 1.33 bits per heavy atom. The zero-order valence-corrected chi connectivity index (χ0v) is 7.42. The molecule has 2 rings (SSSR count). The van der Waals surface area contributed by atoms with Gasteiger partial charge in [0.25, 0.3) is 0 Å². The van der Waals surface area contributed by atoms with Crippen LogP contribution in [0.15, 0.2) is 35.3 Å². The first-order chi connectivity index (χ1) is 5.92. The van der Waals surface area contributed by atoms with Crippen LogP contribution in [-0.4, -0.2) is 11.2 Å². The van der Waals surface area contributed by atoms with Crippen molar-refractivity contribution in [1.82, 2.24) is 0 Å². The molecule has 0 spiro atoms. The summed E-state index contributed by atoms with van der Waals surface area (Å²) >= 11 is 4.55. The highest BCUT2D eigenvalue weighted by Crippen LogP contribution is 2.42. The number of hydrogen-bond acceptors (Lipinski definition) is 2. The summed E-state index contributed by atoms with van der Waals surface area (Å²) in [6, 6.07) is 10.8. The number of benzene rings is 1. The lowest BCUT2D eigenvalue weighted by Crippen LogP contribution is -1.82. The standard InChI is InChI=1S/C10H9NS/c12-7-11-10-6-9(10)8-4-2-1-3-5-8/h1-5,9-10H,6H2/t9-,10+/m0/s1. The van der Waals surface area contributed by atoms with Crippen LogP contribution in [0.2, 0.25) is 0 Å². The SMILES string of the molecule is S=C=N[C@@H]1C[C@H]1c1ccccc1. The van der Waals surface area contributed by atoms with E-state index >= 15 is 0 Å². The lowest BCUT2D eigenvalue weighted by molar-refractivity contribution is 0.999. The fraction of sp³-hybridized carbons (Fsp3) is 0.300. The van der Waals surface area contributed by atoms with E-state index in [1.54, 1.807) is 0 Å². The van der Waals surface area contributed by atoms with E-state index in [1.807, 2.05) is 6.07 Å². The molecule has 1 fully saturated rings. The summed E-state index contributed by atoms with van der Waals surface area (Å²) in [5.41, 5.74) is 1.37. The monoisotopic (exact) mass is 175 g/mol. The second-order valence-corrected chi connectivity index (χ2v) is 3.22. The third kappa shape index (κ3) is 1.45. The van der Waals surface area contributed by atoms with Crippen molar-refractivity contribution in [2.24, 2.45) is 4.99 Å². The van der Waals surface area contributed by atoms with Crippen LogP contribution in [0.3, 0.4) is 0 Å². The molecular weight excluding hydrogens is 166 g/mol. The summed E-state index contributed by atoms with van der Waals surface area (Å²) in [5, 5.41) is 2.44. The van der Waals surface area contributed by atoms with Gasteiger partial charge >= 0.3 is 0 Å². The van der Waals surface area contributed by atoms with Crippen molar-refractivity contribution in [3.05, 3.63) is 35.9 Å². The largest absolute Gasteiger partial charge is 0.228 e. The average Bonchev–Trinajstić information content (AvgIpc) is 2.87. The third-order valence-electron chi connectivity index (χ3n) is 2.20. The van der Waals surface area contributed by atoms with E-state index in [-0.39, 0.29) is 0 Å². The van der Waals surface area contributed by atoms with E-state index in [1.165, 1.54) is 5.56 Å². The highest BCUT2D eigenvalue weighted by atomic mass is 32.1. The van der Waals surface area contributed by atoms with Crippen molar-refractivity contribution >= 4 is 17.4 Å². The predicted molar refractivity (Wildman–Crippen MR) is 52.6 cm³/mol. The summed E-state index contributed by atoms with van der Waals surface area (Å²) in [5.74, 6) is 0.599. The van der Waals surface area contributed by atoms with Crippen molar-refractivity contribution in [2.75, 3.05) is 0 Å². The van der Waals surface area contributed by atoms with Crippen LogP contribution in [0, 0.1) is 0 Å². The van der Waals surface area contributed by atoms with E-state index in [4.69, 9.17) is 0 Å². The molecule has 2 heteroatoms. The number of thiocarbonyl (C=S) groups is 1. The van der Waals surface area contributed by atoms with Gasteiger partial charge in [0, 0.05) is 5.92 Å². The van der Waals surface area contributed by atoms with Crippen LogP contribution in [0.1, 0.15) is 17.9 Å². The Morgan fingerprint density at radius 3 is 2.75 bits per heavy atom. The fourth-order valence-electron chi connectivity index (χ4n) is 1.45. The number of nitrogens with zero attached hydrogens (tertiary/aromatic N) is 1. The Bertz CT molecular complexity index is 314. The molecule has 0 unspecified atom stereocenters. The number of rotatable bonds is 2. The molecule has 1 aliphatic carbocycles.